The highest BCUT2D eigenvalue weighted by Crippen LogP contribution is 2.34. The van der Waals surface area contributed by atoms with Crippen LogP contribution >= 0.6 is 0 Å². The van der Waals surface area contributed by atoms with Gasteiger partial charge in [-0.05, 0) is 33.5 Å². The van der Waals surface area contributed by atoms with E-state index < -0.39 is 0 Å². The molecule has 0 unspecified atom stereocenters. The molecule has 0 saturated carbocycles. The number of aryl methyl sites for hydroxylation is 2. The van der Waals surface area contributed by atoms with E-state index in [1.54, 1.807) is 17.1 Å². The number of pyridine rings is 1. The molecule has 0 saturated heterocycles. The molecule has 1 aliphatic heterocycles. The Morgan fingerprint density at radius 2 is 1.97 bits per heavy atom. The summed E-state index contributed by atoms with van der Waals surface area (Å²) >= 11 is 0. The lowest BCUT2D eigenvalue weighted by atomic mass is 10.1. The first-order valence-electron chi connectivity index (χ1n) is 12.7. The van der Waals surface area contributed by atoms with Crippen LogP contribution in [-0.2, 0) is 20.5 Å². The number of ether oxygens (including phenoxy) is 1. The Labute approximate surface area is 220 Å². The van der Waals surface area contributed by atoms with Crippen LogP contribution in [0.15, 0.2) is 36.9 Å². The van der Waals surface area contributed by atoms with Gasteiger partial charge in [-0.1, -0.05) is 0 Å². The zero-order valence-corrected chi connectivity index (χ0v) is 22.3. The third kappa shape index (κ3) is 4.36. The van der Waals surface area contributed by atoms with E-state index in [0.29, 0.717) is 29.9 Å². The summed E-state index contributed by atoms with van der Waals surface area (Å²) in [5.41, 5.74) is 4.60. The Kier molecular flexibility index (Phi) is 6.03. The van der Waals surface area contributed by atoms with Gasteiger partial charge in [0.15, 0.2) is 5.82 Å². The van der Waals surface area contributed by atoms with E-state index in [1.165, 1.54) is 0 Å². The lowest BCUT2D eigenvalue weighted by molar-refractivity contribution is 0.260. The number of anilines is 2. The number of hydrogen-bond acceptors (Lipinski definition) is 9. The number of nitrogens with zero attached hydrogens (tertiary/aromatic N) is 10. The first-order valence-corrected chi connectivity index (χ1v) is 12.7. The van der Waals surface area contributed by atoms with Crippen LogP contribution in [0.5, 0.6) is 5.88 Å². The number of nitrogens with one attached hydrogen (secondary N) is 1. The van der Waals surface area contributed by atoms with Gasteiger partial charge in [-0.3, -0.25) is 9.36 Å². The topological polar surface area (TPSA) is 117 Å². The van der Waals surface area contributed by atoms with Gasteiger partial charge in [0.2, 0.25) is 5.88 Å². The molecule has 4 bridgehead atoms. The van der Waals surface area contributed by atoms with Crippen LogP contribution in [0.25, 0.3) is 33.7 Å². The normalized spacial score (nSPS) is 15.4. The van der Waals surface area contributed by atoms with Gasteiger partial charge >= 0.3 is 0 Å². The highest BCUT2D eigenvalue weighted by molar-refractivity contribution is 5.94. The zero-order valence-electron chi connectivity index (χ0n) is 22.3. The second-order valence-electron chi connectivity index (χ2n) is 9.97. The molecule has 0 fully saturated rings. The van der Waals surface area contributed by atoms with Gasteiger partial charge in [-0.25, -0.2) is 19.6 Å². The number of rotatable bonds is 4. The highest BCUT2D eigenvalue weighted by Gasteiger charge is 2.23. The molecule has 196 valence electrons. The van der Waals surface area contributed by atoms with Crippen molar-refractivity contribution in [3.05, 3.63) is 42.5 Å². The molecule has 12 heteroatoms. The maximum absolute atomic E-state index is 6.22. The smallest absolute Gasteiger partial charge is 0.222 e. The lowest BCUT2D eigenvalue weighted by Gasteiger charge is -2.16. The third-order valence-electron chi connectivity index (χ3n) is 6.78. The Balaban J connectivity index is 1.47. The first kappa shape index (κ1) is 24.0. The zero-order chi connectivity index (χ0) is 26.4. The van der Waals surface area contributed by atoms with E-state index in [0.717, 1.165) is 52.8 Å². The van der Waals surface area contributed by atoms with Gasteiger partial charge in [0.05, 0.1) is 24.4 Å². The molecule has 0 radical (unpaired) electrons. The fourth-order valence-corrected chi connectivity index (χ4v) is 4.76. The second-order valence-corrected chi connectivity index (χ2v) is 9.97. The molecule has 5 aromatic rings. The minimum absolute atomic E-state index is 0.0594. The molecule has 6 rings (SSSR count). The van der Waals surface area contributed by atoms with Crippen molar-refractivity contribution in [2.24, 2.45) is 14.1 Å². The van der Waals surface area contributed by atoms with Crippen LogP contribution in [0.1, 0.15) is 24.9 Å². The van der Waals surface area contributed by atoms with Crippen molar-refractivity contribution >= 4 is 22.5 Å². The first-order chi connectivity index (χ1) is 18.4. The molecule has 5 aromatic heterocycles. The number of hydrogen-bond donors (Lipinski definition) is 1. The van der Waals surface area contributed by atoms with Crippen LogP contribution in [0, 0.1) is 0 Å². The second kappa shape index (κ2) is 9.53. The Bertz CT molecular complexity index is 1610. The van der Waals surface area contributed by atoms with Crippen molar-refractivity contribution in [2.45, 2.75) is 25.8 Å². The van der Waals surface area contributed by atoms with Crippen LogP contribution in [0.2, 0.25) is 0 Å². The lowest BCUT2D eigenvalue weighted by Crippen LogP contribution is -2.15. The molecule has 1 N–H and O–H groups in total. The van der Waals surface area contributed by atoms with Gasteiger partial charge < -0.3 is 15.0 Å². The monoisotopic (exact) mass is 513 g/mol. The summed E-state index contributed by atoms with van der Waals surface area (Å²) in [6.07, 6.45) is 9.02. The van der Waals surface area contributed by atoms with Gasteiger partial charge in [-0.2, -0.15) is 15.3 Å². The van der Waals surface area contributed by atoms with Crippen molar-refractivity contribution in [3.8, 4) is 28.7 Å². The summed E-state index contributed by atoms with van der Waals surface area (Å²) in [4.78, 5) is 16.1. The van der Waals surface area contributed by atoms with Crippen LogP contribution in [0.3, 0.4) is 0 Å². The quantitative estimate of drug-likeness (QED) is 0.387. The number of likely N-dealkylation sites (N-methyl/N-ethyl adjacent to an activating group) is 1. The predicted molar refractivity (Wildman–Crippen MR) is 144 cm³/mol. The molecule has 1 atom stereocenters. The molecule has 0 aliphatic carbocycles. The molecular formula is C26H31N11O. The van der Waals surface area contributed by atoms with E-state index >= 15 is 0 Å². The van der Waals surface area contributed by atoms with Gasteiger partial charge in [-0.15, -0.1) is 0 Å². The molecular weight excluding hydrogens is 482 g/mol. The minimum Gasteiger partial charge on any atom is -0.477 e. The van der Waals surface area contributed by atoms with E-state index in [2.05, 4.69) is 52.2 Å². The van der Waals surface area contributed by atoms with Crippen molar-refractivity contribution in [2.75, 3.05) is 32.6 Å². The van der Waals surface area contributed by atoms with Crippen molar-refractivity contribution in [1.29, 1.82) is 0 Å². The molecule has 12 nitrogen and oxygen atoms in total. The fraction of sp³-hybridized carbons (Fsp3) is 0.385. The SMILES string of the molecule is C[C@H]1CCOc2c(cnn2C)-c2nccc(n2)Nc2cc3c(cn2)c(-c2nn(C)cc2CCN(C)C)nn31. The van der Waals surface area contributed by atoms with Crippen LogP contribution in [-0.4, -0.2) is 76.4 Å². The van der Waals surface area contributed by atoms with E-state index in [9.17, 15) is 0 Å². The van der Waals surface area contributed by atoms with Crippen LogP contribution < -0.4 is 10.1 Å². The number of aromatic nitrogens is 9. The molecule has 0 spiro atoms. The minimum atomic E-state index is 0.0594. The largest absolute Gasteiger partial charge is 0.477 e. The summed E-state index contributed by atoms with van der Waals surface area (Å²) in [6, 6.07) is 3.90. The maximum atomic E-state index is 6.22. The average molecular weight is 514 g/mol. The van der Waals surface area contributed by atoms with Gasteiger partial charge in [0, 0.05) is 62.7 Å². The standard InChI is InChI=1S/C26H31N11O/c1-16-8-11-38-26-19(14-29-36(26)5)25-27-9-6-21(31-25)30-22-12-20-18(13-28-22)24(33-37(16)20)23-17(7-10-34(2)3)15-35(4)32-23/h6,9,12-16H,7-8,10-11H2,1-5H3,(H,27,28,30,31)/t16-/m0/s1. The highest BCUT2D eigenvalue weighted by atomic mass is 16.5. The molecule has 0 amide bonds. The molecule has 1 aliphatic rings. The van der Waals surface area contributed by atoms with Crippen molar-refractivity contribution in [1.82, 2.24) is 49.2 Å². The Morgan fingerprint density at radius 1 is 1.11 bits per heavy atom. The summed E-state index contributed by atoms with van der Waals surface area (Å²) in [6.45, 7) is 3.56. The Morgan fingerprint density at radius 3 is 2.82 bits per heavy atom. The van der Waals surface area contributed by atoms with E-state index in [-0.39, 0.29) is 6.04 Å². The average Bonchev–Trinajstić information content (AvgIpc) is 3.57. The predicted octanol–water partition coefficient (Wildman–Crippen LogP) is 3.21. The molecule has 6 heterocycles. The van der Waals surface area contributed by atoms with Crippen molar-refractivity contribution < 1.29 is 4.74 Å². The third-order valence-corrected chi connectivity index (χ3v) is 6.78. The molecule has 38 heavy (non-hydrogen) atoms. The van der Waals surface area contributed by atoms with Gasteiger partial charge in [0.1, 0.15) is 28.6 Å². The fourth-order valence-electron chi connectivity index (χ4n) is 4.76. The summed E-state index contributed by atoms with van der Waals surface area (Å²) < 4.78 is 11.8. The van der Waals surface area contributed by atoms with Crippen LogP contribution in [0.4, 0.5) is 11.6 Å². The molecule has 0 aromatic carbocycles. The van der Waals surface area contributed by atoms with Crippen molar-refractivity contribution in [3.63, 3.8) is 0 Å². The summed E-state index contributed by atoms with van der Waals surface area (Å²) in [7, 11) is 7.96. The van der Waals surface area contributed by atoms with E-state index in [4.69, 9.17) is 24.9 Å². The van der Waals surface area contributed by atoms with E-state index in [1.807, 2.05) is 37.1 Å². The summed E-state index contributed by atoms with van der Waals surface area (Å²) in [5.74, 6) is 2.48. The summed E-state index contributed by atoms with van der Waals surface area (Å²) in [5, 5.41) is 18.6. The maximum Gasteiger partial charge on any atom is 0.222 e. The Hall–Kier alpha value is -4.32. The number of fused-ring (bicyclic) bond motifs is 5. The van der Waals surface area contributed by atoms with Gasteiger partial charge in [0.25, 0.3) is 0 Å².